The molecule has 2 heterocycles. The van der Waals surface area contributed by atoms with Gasteiger partial charge in [0.15, 0.2) is 11.0 Å². The molecule has 6 heteroatoms. The summed E-state index contributed by atoms with van der Waals surface area (Å²) in [7, 11) is 0. The Morgan fingerprint density at radius 1 is 0.897 bits per heavy atom. The fraction of sp³-hybridized carbons (Fsp3) is 0.261. The lowest BCUT2D eigenvalue weighted by molar-refractivity contribution is -0.130. The molecule has 1 fully saturated rings. The Kier molecular flexibility index (Phi) is 4.92. The number of fused-ring (bicyclic) bond motifs is 1. The standard InChI is InChI=1S/C23H22N2O4/c1-15-20(27)18-9-6-10-19(22(18)29-21(15)17-7-4-3-5-8-17)23(28)25-13-11-24(12-14-25)16(2)26/h3-10H,11-14H2,1-2H3. The van der Waals surface area contributed by atoms with Crippen molar-refractivity contribution in [1.82, 2.24) is 9.80 Å². The van der Waals surface area contributed by atoms with Crippen LogP contribution >= 0.6 is 0 Å². The van der Waals surface area contributed by atoms with E-state index in [4.69, 9.17) is 4.42 Å². The zero-order valence-electron chi connectivity index (χ0n) is 16.5. The van der Waals surface area contributed by atoms with Crippen molar-refractivity contribution in [2.24, 2.45) is 0 Å². The Balaban J connectivity index is 1.78. The number of carbonyl (C=O) groups excluding carboxylic acids is 2. The molecule has 0 N–H and O–H groups in total. The smallest absolute Gasteiger partial charge is 0.257 e. The molecule has 3 aromatic rings. The summed E-state index contributed by atoms with van der Waals surface area (Å²) in [5.41, 5.74) is 1.85. The van der Waals surface area contributed by atoms with Crippen molar-refractivity contribution in [3.8, 4) is 11.3 Å². The minimum absolute atomic E-state index is 0.0104. The van der Waals surface area contributed by atoms with Gasteiger partial charge in [0.1, 0.15) is 5.76 Å². The quantitative estimate of drug-likeness (QED) is 0.674. The number of nitrogens with zero attached hydrogens (tertiary/aromatic N) is 2. The number of para-hydroxylation sites is 1. The molecule has 0 spiro atoms. The van der Waals surface area contributed by atoms with Crippen molar-refractivity contribution in [2.75, 3.05) is 26.2 Å². The van der Waals surface area contributed by atoms with Gasteiger partial charge < -0.3 is 14.2 Å². The molecule has 148 valence electrons. The lowest BCUT2D eigenvalue weighted by Crippen LogP contribution is -2.50. The van der Waals surface area contributed by atoms with Crippen molar-refractivity contribution < 1.29 is 14.0 Å². The van der Waals surface area contributed by atoms with Crippen LogP contribution in [0, 0.1) is 6.92 Å². The molecule has 6 nitrogen and oxygen atoms in total. The van der Waals surface area contributed by atoms with Crippen LogP contribution in [-0.4, -0.2) is 47.8 Å². The minimum Gasteiger partial charge on any atom is -0.455 e. The number of hydrogen-bond donors (Lipinski definition) is 0. The molecule has 2 amide bonds. The Bertz CT molecular complexity index is 1140. The van der Waals surface area contributed by atoms with Crippen LogP contribution in [0.1, 0.15) is 22.8 Å². The van der Waals surface area contributed by atoms with Gasteiger partial charge in [0.05, 0.1) is 10.9 Å². The molecule has 0 saturated carbocycles. The lowest BCUT2D eigenvalue weighted by atomic mass is 10.0. The Hall–Kier alpha value is -3.41. The zero-order valence-corrected chi connectivity index (χ0v) is 16.5. The number of amides is 2. The van der Waals surface area contributed by atoms with Crippen molar-refractivity contribution in [3.05, 3.63) is 69.9 Å². The third-order valence-electron chi connectivity index (χ3n) is 5.42. The van der Waals surface area contributed by atoms with Crippen LogP contribution in [0.2, 0.25) is 0 Å². The summed E-state index contributed by atoms with van der Waals surface area (Å²) in [6, 6.07) is 14.5. The maximum Gasteiger partial charge on any atom is 0.257 e. The predicted molar refractivity (Wildman–Crippen MR) is 111 cm³/mol. The van der Waals surface area contributed by atoms with Crippen molar-refractivity contribution in [2.45, 2.75) is 13.8 Å². The van der Waals surface area contributed by atoms with Crippen molar-refractivity contribution in [3.63, 3.8) is 0 Å². The van der Waals surface area contributed by atoms with E-state index in [9.17, 15) is 14.4 Å². The van der Waals surface area contributed by atoms with Gasteiger partial charge in [-0.25, -0.2) is 0 Å². The summed E-state index contributed by atoms with van der Waals surface area (Å²) in [5, 5.41) is 0.399. The minimum atomic E-state index is -0.190. The fourth-order valence-corrected chi connectivity index (χ4v) is 3.74. The van der Waals surface area contributed by atoms with E-state index in [0.717, 1.165) is 5.56 Å². The summed E-state index contributed by atoms with van der Waals surface area (Å²) in [4.78, 5) is 41.1. The molecule has 1 aliphatic heterocycles. The zero-order chi connectivity index (χ0) is 20.5. The third-order valence-corrected chi connectivity index (χ3v) is 5.42. The second-order valence-corrected chi connectivity index (χ2v) is 7.23. The summed E-state index contributed by atoms with van der Waals surface area (Å²) in [6.07, 6.45) is 0. The molecule has 4 rings (SSSR count). The molecule has 1 aliphatic rings. The largest absolute Gasteiger partial charge is 0.455 e. The Labute approximate surface area is 168 Å². The fourth-order valence-electron chi connectivity index (χ4n) is 3.74. The average Bonchev–Trinajstić information content (AvgIpc) is 2.76. The normalized spacial score (nSPS) is 14.3. The number of rotatable bonds is 2. The van der Waals surface area contributed by atoms with Gasteiger partial charge in [0, 0.05) is 44.2 Å². The van der Waals surface area contributed by atoms with E-state index in [2.05, 4.69) is 0 Å². The first-order valence-corrected chi connectivity index (χ1v) is 9.64. The van der Waals surface area contributed by atoms with Crippen LogP contribution in [0.15, 0.2) is 57.7 Å². The van der Waals surface area contributed by atoms with E-state index in [0.29, 0.717) is 54.0 Å². The van der Waals surface area contributed by atoms with Crippen LogP contribution < -0.4 is 5.43 Å². The molecule has 1 saturated heterocycles. The molecule has 29 heavy (non-hydrogen) atoms. The number of piperazine rings is 1. The van der Waals surface area contributed by atoms with Gasteiger partial charge in [-0.1, -0.05) is 36.4 Å². The first-order chi connectivity index (χ1) is 14.0. The number of benzene rings is 2. The first-order valence-electron chi connectivity index (χ1n) is 9.64. The molecule has 0 bridgehead atoms. The molecule has 0 radical (unpaired) electrons. The first kappa shape index (κ1) is 18.9. The molecule has 0 atom stereocenters. The number of hydrogen-bond acceptors (Lipinski definition) is 4. The molecular formula is C23H22N2O4. The monoisotopic (exact) mass is 390 g/mol. The molecule has 1 aromatic heterocycles. The summed E-state index contributed by atoms with van der Waals surface area (Å²) in [5.74, 6) is 0.297. The van der Waals surface area contributed by atoms with E-state index in [1.54, 1.807) is 34.9 Å². The molecule has 2 aromatic carbocycles. The van der Waals surface area contributed by atoms with Crippen molar-refractivity contribution >= 4 is 22.8 Å². The molecule has 0 unspecified atom stereocenters. The maximum atomic E-state index is 13.2. The van der Waals surface area contributed by atoms with E-state index in [1.807, 2.05) is 30.3 Å². The SMILES string of the molecule is CC(=O)N1CCN(C(=O)c2cccc3c(=O)c(C)c(-c4ccccc4)oc23)CC1. The van der Waals surface area contributed by atoms with Crippen LogP contribution in [0.4, 0.5) is 0 Å². The number of carbonyl (C=O) groups is 2. The highest BCUT2D eigenvalue weighted by Crippen LogP contribution is 2.28. The van der Waals surface area contributed by atoms with Gasteiger partial charge in [-0.2, -0.15) is 0 Å². The van der Waals surface area contributed by atoms with Gasteiger partial charge in [-0.3, -0.25) is 14.4 Å². The lowest BCUT2D eigenvalue weighted by Gasteiger charge is -2.34. The third kappa shape index (κ3) is 3.42. The van der Waals surface area contributed by atoms with Gasteiger partial charge in [-0.05, 0) is 19.1 Å². The van der Waals surface area contributed by atoms with E-state index >= 15 is 0 Å². The van der Waals surface area contributed by atoms with E-state index in [1.165, 1.54) is 6.92 Å². The van der Waals surface area contributed by atoms with Crippen molar-refractivity contribution in [1.29, 1.82) is 0 Å². The summed E-state index contributed by atoms with van der Waals surface area (Å²) < 4.78 is 6.15. The second-order valence-electron chi connectivity index (χ2n) is 7.23. The van der Waals surface area contributed by atoms with Crippen LogP contribution in [0.25, 0.3) is 22.3 Å². The highest BCUT2D eigenvalue weighted by atomic mass is 16.3. The average molecular weight is 390 g/mol. The van der Waals surface area contributed by atoms with Gasteiger partial charge in [-0.15, -0.1) is 0 Å². The molecular weight excluding hydrogens is 368 g/mol. The van der Waals surface area contributed by atoms with E-state index in [-0.39, 0.29) is 17.2 Å². The Morgan fingerprint density at radius 3 is 2.21 bits per heavy atom. The summed E-state index contributed by atoms with van der Waals surface area (Å²) in [6.45, 7) is 5.19. The maximum absolute atomic E-state index is 13.2. The van der Waals surface area contributed by atoms with Gasteiger partial charge >= 0.3 is 0 Å². The van der Waals surface area contributed by atoms with E-state index < -0.39 is 0 Å². The van der Waals surface area contributed by atoms with Gasteiger partial charge in [0.2, 0.25) is 5.91 Å². The Morgan fingerprint density at radius 2 is 1.55 bits per heavy atom. The van der Waals surface area contributed by atoms with Gasteiger partial charge in [0.25, 0.3) is 5.91 Å². The predicted octanol–water partition coefficient (Wildman–Crippen LogP) is 3.07. The van der Waals surface area contributed by atoms with Crippen LogP contribution in [-0.2, 0) is 4.79 Å². The highest BCUT2D eigenvalue weighted by molar-refractivity contribution is 6.05. The summed E-state index contributed by atoms with van der Waals surface area (Å²) >= 11 is 0. The van der Waals surface area contributed by atoms with Crippen LogP contribution in [0.3, 0.4) is 0 Å². The van der Waals surface area contributed by atoms with Crippen LogP contribution in [0.5, 0.6) is 0 Å². The molecule has 0 aliphatic carbocycles. The highest BCUT2D eigenvalue weighted by Gasteiger charge is 2.26. The topological polar surface area (TPSA) is 70.8 Å². The second kappa shape index (κ2) is 7.54.